The minimum absolute atomic E-state index is 0.00380. The van der Waals surface area contributed by atoms with Gasteiger partial charge in [0.15, 0.2) is 0 Å². The molecular formula is C7H4BrF2IN2O. The highest BCUT2D eigenvalue weighted by Crippen LogP contribution is 2.28. The van der Waals surface area contributed by atoms with Crippen LogP contribution in [0.15, 0.2) is 10.7 Å². The standard InChI is InChI=1S/C7H4BrF2IN2O/c8-4-2(5(9)10)1-3(7(12)14)6(11)13-4/h1,5H,(H2,12,14). The first-order valence-corrected chi connectivity index (χ1v) is 5.24. The fourth-order valence-corrected chi connectivity index (χ4v) is 2.27. The molecule has 0 aromatic carbocycles. The summed E-state index contributed by atoms with van der Waals surface area (Å²) in [5.74, 6) is -0.767. The van der Waals surface area contributed by atoms with Crippen molar-refractivity contribution in [1.82, 2.24) is 4.98 Å². The number of pyridine rings is 1. The zero-order chi connectivity index (χ0) is 10.9. The van der Waals surface area contributed by atoms with Crippen LogP contribution in [0, 0.1) is 3.70 Å². The van der Waals surface area contributed by atoms with E-state index in [0.29, 0.717) is 3.70 Å². The van der Waals surface area contributed by atoms with Crippen LogP contribution in [0.4, 0.5) is 8.78 Å². The van der Waals surface area contributed by atoms with E-state index in [1.54, 1.807) is 22.6 Å². The number of carbonyl (C=O) groups is 1. The molecule has 0 aliphatic rings. The molecule has 1 rings (SSSR count). The third kappa shape index (κ3) is 2.38. The molecule has 0 fully saturated rings. The normalized spacial score (nSPS) is 10.6. The van der Waals surface area contributed by atoms with Gasteiger partial charge in [0.2, 0.25) is 0 Å². The Bertz CT molecular complexity index is 386. The fraction of sp³-hybridized carbons (Fsp3) is 0.143. The van der Waals surface area contributed by atoms with Crippen molar-refractivity contribution in [1.29, 1.82) is 0 Å². The van der Waals surface area contributed by atoms with Gasteiger partial charge in [0.25, 0.3) is 12.3 Å². The Labute approximate surface area is 100 Å². The molecule has 0 saturated heterocycles. The second kappa shape index (κ2) is 4.47. The van der Waals surface area contributed by atoms with E-state index >= 15 is 0 Å². The summed E-state index contributed by atoms with van der Waals surface area (Å²) < 4.78 is 25.1. The van der Waals surface area contributed by atoms with Gasteiger partial charge in [-0.1, -0.05) is 0 Å². The van der Waals surface area contributed by atoms with E-state index in [-0.39, 0.29) is 15.7 Å². The van der Waals surface area contributed by atoms with E-state index in [1.165, 1.54) is 0 Å². The van der Waals surface area contributed by atoms with E-state index in [4.69, 9.17) is 5.73 Å². The molecular weight excluding hydrogens is 373 g/mol. The molecule has 0 radical (unpaired) electrons. The van der Waals surface area contributed by atoms with Gasteiger partial charge < -0.3 is 5.73 Å². The summed E-state index contributed by atoms with van der Waals surface area (Å²) in [6.07, 6.45) is -2.69. The molecule has 76 valence electrons. The van der Waals surface area contributed by atoms with Crippen LogP contribution >= 0.6 is 38.5 Å². The Morgan fingerprint density at radius 2 is 2.21 bits per heavy atom. The number of nitrogens with two attached hydrogens (primary N) is 1. The lowest BCUT2D eigenvalue weighted by Gasteiger charge is -2.05. The number of carbonyl (C=O) groups excluding carboxylic acids is 1. The maximum atomic E-state index is 12.4. The van der Waals surface area contributed by atoms with E-state index in [0.717, 1.165) is 6.07 Å². The van der Waals surface area contributed by atoms with Crippen LogP contribution < -0.4 is 5.73 Å². The molecule has 0 saturated carbocycles. The highest BCUT2D eigenvalue weighted by atomic mass is 127. The number of rotatable bonds is 2. The van der Waals surface area contributed by atoms with Crippen LogP contribution in [0.2, 0.25) is 0 Å². The summed E-state index contributed by atoms with van der Waals surface area (Å²) in [6.45, 7) is 0. The minimum atomic E-state index is -2.69. The largest absolute Gasteiger partial charge is 0.366 e. The predicted octanol–water partition coefficient (Wildman–Crippen LogP) is 2.49. The molecule has 0 spiro atoms. The average Bonchev–Trinajstić information content (AvgIpc) is 2.02. The zero-order valence-corrected chi connectivity index (χ0v) is 10.3. The maximum absolute atomic E-state index is 12.4. The van der Waals surface area contributed by atoms with Gasteiger partial charge in [0, 0.05) is 0 Å². The minimum Gasteiger partial charge on any atom is -0.366 e. The average molecular weight is 377 g/mol. The van der Waals surface area contributed by atoms with Crippen molar-refractivity contribution < 1.29 is 13.6 Å². The van der Waals surface area contributed by atoms with Gasteiger partial charge in [-0.2, -0.15) is 0 Å². The van der Waals surface area contributed by atoms with Gasteiger partial charge >= 0.3 is 0 Å². The van der Waals surface area contributed by atoms with Crippen molar-refractivity contribution in [3.05, 3.63) is 25.5 Å². The third-order valence-corrected chi connectivity index (χ3v) is 2.91. The lowest BCUT2D eigenvalue weighted by molar-refractivity contribution is 0.0998. The number of alkyl halides is 2. The maximum Gasteiger partial charge on any atom is 0.266 e. The lowest BCUT2D eigenvalue weighted by Crippen LogP contribution is -2.14. The smallest absolute Gasteiger partial charge is 0.266 e. The van der Waals surface area contributed by atoms with Crippen molar-refractivity contribution in [2.24, 2.45) is 5.73 Å². The zero-order valence-electron chi connectivity index (χ0n) is 6.60. The molecule has 0 atom stereocenters. The molecule has 1 heterocycles. The quantitative estimate of drug-likeness (QED) is 0.636. The van der Waals surface area contributed by atoms with Crippen molar-refractivity contribution in [2.45, 2.75) is 6.43 Å². The van der Waals surface area contributed by atoms with Crippen molar-refractivity contribution in [3.8, 4) is 0 Å². The van der Waals surface area contributed by atoms with Gasteiger partial charge in [0.1, 0.15) is 8.30 Å². The van der Waals surface area contributed by atoms with Gasteiger partial charge in [-0.15, -0.1) is 0 Å². The molecule has 3 nitrogen and oxygen atoms in total. The molecule has 0 aliphatic heterocycles. The molecule has 0 unspecified atom stereocenters. The van der Waals surface area contributed by atoms with Crippen molar-refractivity contribution in [2.75, 3.05) is 0 Å². The van der Waals surface area contributed by atoms with Crippen LogP contribution in [0.3, 0.4) is 0 Å². The third-order valence-electron chi connectivity index (χ3n) is 1.46. The summed E-state index contributed by atoms with van der Waals surface area (Å²) in [5.41, 5.74) is 4.66. The highest BCUT2D eigenvalue weighted by Gasteiger charge is 2.18. The Morgan fingerprint density at radius 3 is 2.64 bits per heavy atom. The SMILES string of the molecule is NC(=O)c1cc(C(F)F)c(Br)nc1I. The molecule has 7 heteroatoms. The van der Waals surface area contributed by atoms with Crippen LogP contribution in [0.1, 0.15) is 22.3 Å². The molecule has 14 heavy (non-hydrogen) atoms. The Morgan fingerprint density at radius 1 is 1.64 bits per heavy atom. The summed E-state index contributed by atoms with van der Waals surface area (Å²) >= 11 is 4.64. The summed E-state index contributed by atoms with van der Waals surface area (Å²) in [7, 11) is 0. The van der Waals surface area contributed by atoms with Crippen molar-refractivity contribution in [3.63, 3.8) is 0 Å². The van der Waals surface area contributed by atoms with Gasteiger partial charge in [-0.3, -0.25) is 4.79 Å². The number of halogens is 4. The molecule has 0 bridgehead atoms. The van der Waals surface area contributed by atoms with Crippen molar-refractivity contribution >= 4 is 44.4 Å². The number of primary amides is 1. The summed E-state index contributed by atoms with van der Waals surface area (Å²) in [4.78, 5) is 14.6. The van der Waals surface area contributed by atoms with E-state index in [2.05, 4.69) is 20.9 Å². The van der Waals surface area contributed by atoms with E-state index in [9.17, 15) is 13.6 Å². The van der Waals surface area contributed by atoms with Crippen LogP contribution in [0.25, 0.3) is 0 Å². The molecule has 1 aromatic heterocycles. The van der Waals surface area contributed by atoms with Gasteiger partial charge in [-0.05, 0) is 44.6 Å². The second-order valence-electron chi connectivity index (χ2n) is 2.37. The van der Waals surface area contributed by atoms with E-state index < -0.39 is 12.3 Å². The monoisotopic (exact) mass is 376 g/mol. The number of amides is 1. The van der Waals surface area contributed by atoms with E-state index in [1.807, 2.05) is 0 Å². The number of aromatic nitrogens is 1. The topological polar surface area (TPSA) is 56.0 Å². The first-order valence-electron chi connectivity index (χ1n) is 3.37. The summed E-state index contributed by atoms with van der Waals surface area (Å²) in [5, 5.41) is 0. The first-order chi connectivity index (χ1) is 6.43. The molecule has 0 aliphatic carbocycles. The fourth-order valence-electron chi connectivity index (χ4n) is 0.811. The predicted molar refractivity (Wildman–Crippen MR) is 58.1 cm³/mol. The van der Waals surface area contributed by atoms with Crippen LogP contribution in [-0.2, 0) is 0 Å². The molecule has 2 N–H and O–H groups in total. The van der Waals surface area contributed by atoms with Gasteiger partial charge in [-0.25, -0.2) is 13.8 Å². The molecule has 1 amide bonds. The highest BCUT2D eigenvalue weighted by molar-refractivity contribution is 14.1. The Hall–Kier alpha value is -0.310. The number of hydrogen-bond acceptors (Lipinski definition) is 2. The molecule has 1 aromatic rings. The van der Waals surface area contributed by atoms with Crippen LogP contribution in [-0.4, -0.2) is 10.9 Å². The first kappa shape index (κ1) is 11.8. The Balaban J connectivity index is 3.34. The number of hydrogen-bond donors (Lipinski definition) is 1. The lowest BCUT2D eigenvalue weighted by atomic mass is 10.2. The summed E-state index contributed by atoms with van der Waals surface area (Å²) in [6, 6.07) is 1.05. The second-order valence-corrected chi connectivity index (χ2v) is 4.14. The van der Waals surface area contributed by atoms with Gasteiger partial charge in [0.05, 0.1) is 11.1 Å². The number of nitrogens with zero attached hydrogens (tertiary/aromatic N) is 1. The van der Waals surface area contributed by atoms with Crippen LogP contribution in [0.5, 0.6) is 0 Å². The Kier molecular flexibility index (Phi) is 3.76.